The van der Waals surface area contributed by atoms with E-state index in [4.69, 9.17) is 0 Å². The molecular formula is C12H24Se. The first-order chi connectivity index (χ1) is 6.41. The molecule has 0 aromatic rings. The Morgan fingerprint density at radius 2 is 1.69 bits per heavy atom. The summed E-state index contributed by atoms with van der Waals surface area (Å²) < 4.78 is 0. The number of hydrogen-bond acceptors (Lipinski definition) is 0. The van der Waals surface area contributed by atoms with Crippen LogP contribution in [0.2, 0.25) is 5.32 Å². The zero-order valence-electron chi connectivity index (χ0n) is 9.22. The van der Waals surface area contributed by atoms with Crippen LogP contribution in [0.25, 0.3) is 0 Å². The van der Waals surface area contributed by atoms with Crippen molar-refractivity contribution in [2.24, 2.45) is 0 Å². The summed E-state index contributed by atoms with van der Waals surface area (Å²) in [6.45, 7) is 4.54. The molecule has 0 heterocycles. The Labute approximate surface area is 90.3 Å². The number of hydrogen-bond donors (Lipinski definition) is 0. The standard InChI is InChI=1S/C12H24Se/c1-3-5-7-8-9-10-12-13-11-6-4-2/h10,12H,3-9,11H2,1-2H3/b12-10+. The van der Waals surface area contributed by atoms with Gasteiger partial charge in [0, 0.05) is 0 Å². The normalized spacial score (nSPS) is 11.2. The molecule has 0 fully saturated rings. The van der Waals surface area contributed by atoms with E-state index in [0.29, 0.717) is 0 Å². The summed E-state index contributed by atoms with van der Waals surface area (Å²) in [7, 11) is 0. The Kier molecular flexibility index (Phi) is 12.5. The van der Waals surface area contributed by atoms with Crippen LogP contribution in [0.3, 0.4) is 0 Å². The molecule has 0 rings (SSSR count). The minimum atomic E-state index is 0.792. The van der Waals surface area contributed by atoms with Gasteiger partial charge in [-0.25, -0.2) is 0 Å². The average molecular weight is 247 g/mol. The van der Waals surface area contributed by atoms with Gasteiger partial charge in [-0.05, 0) is 0 Å². The van der Waals surface area contributed by atoms with Crippen molar-refractivity contribution in [3.05, 3.63) is 11.1 Å². The maximum atomic E-state index is 2.43. The molecule has 0 atom stereocenters. The minimum absolute atomic E-state index is 0.792. The molecule has 0 radical (unpaired) electrons. The van der Waals surface area contributed by atoms with Crippen molar-refractivity contribution < 1.29 is 0 Å². The fraction of sp³-hybridized carbons (Fsp3) is 0.833. The molecule has 1 heteroatoms. The van der Waals surface area contributed by atoms with Gasteiger partial charge >= 0.3 is 90.1 Å². The molecule has 0 saturated carbocycles. The third-order valence-electron chi connectivity index (χ3n) is 2.03. The van der Waals surface area contributed by atoms with Crippen LogP contribution >= 0.6 is 0 Å². The zero-order chi connectivity index (χ0) is 9.78. The van der Waals surface area contributed by atoms with Gasteiger partial charge in [0.1, 0.15) is 0 Å². The topological polar surface area (TPSA) is 0 Å². The monoisotopic (exact) mass is 248 g/mol. The molecule has 13 heavy (non-hydrogen) atoms. The van der Waals surface area contributed by atoms with Crippen molar-refractivity contribution in [2.75, 3.05) is 0 Å². The Hall–Kier alpha value is 0.259. The van der Waals surface area contributed by atoms with Gasteiger partial charge in [-0.15, -0.1) is 0 Å². The first kappa shape index (κ1) is 13.3. The summed E-state index contributed by atoms with van der Waals surface area (Å²) in [6, 6.07) is 0. The summed E-state index contributed by atoms with van der Waals surface area (Å²) in [5.41, 5.74) is 0. The summed E-state index contributed by atoms with van der Waals surface area (Å²) >= 11 is 0.792. The van der Waals surface area contributed by atoms with Crippen LogP contribution in [0.5, 0.6) is 0 Å². The Morgan fingerprint density at radius 3 is 2.38 bits per heavy atom. The van der Waals surface area contributed by atoms with E-state index in [-0.39, 0.29) is 0 Å². The first-order valence-electron chi connectivity index (χ1n) is 5.68. The molecule has 0 amide bonds. The van der Waals surface area contributed by atoms with Crippen LogP contribution in [0.4, 0.5) is 0 Å². The molecule has 0 unspecified atom stereocenters. The SMILES string of the molecule is CCCCCC/C=C/[Se]CCCC. The van der Waals surface area contributed by atoms with Crippen LogP contribution in [0.1, 0.15) is 58.8 Å². The van der Waals surface area contributed by atoms with E-state index in [0.717, 1.165) is 15.0 Å². The molecule has 0 N–H and O–H groups in total. The second-order valence-corrected chi connectivity index (χ2v) is 5.57. The Bertz CT molecular complexity index is 108. The van der Waals surface area contributed by atoms with Gasteiger partial charge in [-0.2, -0.15) is 0 Å². The summed E-state index contributed by atoms with van der Waals surface area (Å²) in [6.07, 6.45) is 12.1. The van der Waals surface area contributed by atoms with E-state index in [1.807, 2.05) is 0 Å². The third kappa shape index (κ3) is 12.3. The quantitative estimate of drug-likeness (QED) is 0.418. The van der Waals surface area contributed by atoms with E-state index in [1.54, 1.807) is 0 Å². The van der Waals surface area contributed by atoms with E-state index < -0.39 is 0 Å². The molecule has 0 bridgehead atoms. The molecule has 0 aliphatic rings. The van der Waals surface area contributed by atoms with Crippen molar-refractivity contribution in [3.63, 3.8) is 0 Å². The van der Waals surface area contributed by atoms with Gasteiger partial charge in [0.25, 0.3) is 0 Å². The Morgan fingerprint density at radius 1 is 0.923 bits per heavy atom. The number of unbranched alkanes of at least 4 members (excludes halogenated alkanes) is 5. The van der Waals surface area contributed by atoms with E-state index in [9.17, 15) is 0 Å². The van der Waals surface area contributed by atoms with E-state index in [1.165, 1.54) is 50.3 Å². The van der Waals surface area contributed by atoms with Gasteiger partial charge in [0.05, 0.1) is 0 Å². The maximum absolute atomic E-state index is 2.43. The van der Waals surface area contributed by atoms with Gasteiger partial charge in [0.2, 0.25) is 0 Å². The van der Waals surface area contributed by atoms with Crippen LogP contribution in [0, 0.1) is 0 Å². The fourth-order valence-electron chi connectivity index (χ4n) is 1.12. The summed E-state index contributed by atoms with van der Waals surface area (Å²) in [4.78, 5) is 2.43. The third-order valence-corrected chi connectivity index (χ3v) is 3.94. The van der Waals surface area contributed by atoms with Gasteiger partial charge in [-0.1, -0.05) is 0 Å². The van der Waals surface area contributed by atoms with Gasteiger partial charge < -0.3 is 0 Å². The second kappa shape index (κ2) is 12.3. The molecule has 0 aromatic carbocycles. The van der Waals surface area contributed by atoms with Crippen molar-refractivity contribution in [3.8, 4) is 0 Å². The summed E-state index contributed by atoms with van der Waals surface area (Å²) in [5.74, 6) is 0. The molecule has 0 saturated heterocycles. The number of rotatable bonds is 9. The molecule has 0 aliphatic heterocycles. The molecular weight excluding hydrogens is 223 g/mol. The molecule has 0 aromatic heterocycles. The van der Waals surface area contributed by atoms with Crippen LogP contribution in [-0.4, -0.2) is 15.0 Å². The number of allylic oxidation sites excluding steroid dienone is 1. The van der Waals surface area contributed by atoms with Gasteiger partial charge in [-0.3, -0.25) is 0 Å². The second-order valence-electron chi connectivity index (χ2n) is 3.45. The van der Waals surface area contributed by atoms with Crippen molar-refractivity contribution in [1.82, 2.24) is 0 Å². The predicted molar refractivity (Wildman–Crippen MR) is 63.4 cm³/mol. The van der Waals surface area contributed by atoms with Crippen LogP contribution < -0.4 is 0 Å². The molecule has 78 valence electrons. The predicted octanol–water partition coefficient (Wildman–Crippen LogP) is 4.39. The average Bonchev–Trinajstić information content (AvgIpc) is 2.16. The molecule has 0 aliphatic carbocycles. The van der Waals surface area contributed by atoms with Crippen LogP contribution in [-0.2, 0) is 0 Å². The van der Waals surface area contributed by atoms with Gasteiger partial charge in [0.15, 0.2) is 0 Å². The van der Waals surface area contributed by atoms with E-state index >= 15 is 0 Å². The fourth-order valence-corrected chi connectivity index (χ4v) is 2.93. The van der Waals surface area contributed by atoms with Crippen LogP contribution in [0.15, 0.2) is 11.1 Å². The van der Waals surface area contributed by atoms with Crippen molar-refractivity contribution in [1.29, 1.82) is 0 Å². The Balaban J connectivity index is 2.95. The zero-order valence-corrected chi connectivity index (χ0v) is 10.9. The van der Waals surface area contributed by atoms with Crippen molar-refractivity contribution in [2.45, 2.75) is 64.1 Å². The van der Waals surface area contributed by atoms with Crippen molar-refractivity contribution >= 4 is 15.0 Å². The summed E-state index contributed by atoms with van der Waals surface area (Å²) in [5, 5.41) is 1.44. The first-order valence-corrected chi connectivity index (χ1v) is 7.88. The molecule has 0 spiro atoms. The molecule has 0 nitrogen and oxygen atoms in total. The van der Waals surface area contributed by atoms with E-state index in [2.05, 4.69) is 24.9 Å².